The van der Waals surface area contributed by atoms with E-state index >= 15 is 0 Å². The van der Waals surface area contributed by atoms with Crippen LogP contribution in [0.3, 0.4) is 0 Å². The number of aryl methyl sites for hydroxylation is 2. The summed E-state index contributed by atoms with van der Waals surface area (Å²) in [6, 6.07) is 0.193. The van der Waals surface area contributed by atoms with Crippen LogP contribution in [0.2, 0.25) is 0 Å². The van der Waals surface area contributed by atoms with E-state index in [1.165, 1.54) is 0 Å². The molecule has 0 saturated carbocycles. The van der Waals surface area contributed by atoms with Crippen molar-refractivity contribution in [1.82, 2.24) is 19.6 Å². The average molecular weight is 361 g/mol. The molecule has 1 aromatic heterocycles. The number of hydrogen-bond donors (Lipinski definition) is 0. The van der Waals surface area contributed by atoms with Crippen molar-refractivity contribution < 1.29 is 9.59 Å². The Bertz CT molecular complexity index is 709. The fourth-order valence-corrected chi connectivity index (χ4v) is 4.78. The van der Waals surface area contributed by atoms with Gasteiger partial charge in [0, 0.05) is 38.3 Å². The number of piperidine rings is 1. The largest absolute Gasteiger partial charge is 0.338 e. The fraction of sp³-hybridized carbons (Fsp3) is 0.750. The number of rotatable bonds is 4. The summed E-state index contributed by atoms with van der Waals surface area (Å²) in [6.45, 7) is 9.69. The van der Waals surface area contributed by atoms with Crippen LogP contribution >= 0.6 is 0 Å². The molecule has 0 N–H and O–H groups in total. The van der Waals surface area contributed by atoms with Crippen LogP contribution in [0.4, 0.5) is 0 Å². The lowest BCUT2D eigenvalue weighted by Gasteiger charge is -2.46. The van der Waals surface area contributed by atoms with Crippen LogP contribution < -0.4 is 0 Å². The lowest BCUT2D eigenvalue weighted by atomic mass is 9.84. The molecule has 0 radical (unpaired) electrons. The average Bonchev–Trinajstić information content (AvgIpc) is 3.11. The summed E-state index contributed by atoms with van der Waals surface area (Å²) in [6.07, 6.45) is 4.67. The lowest BCUT2D eigenvalue weighted by Crippen LogP contribution is -2.62. The molecule has 2 saturated heterocycles. The molecule has 6 nitrogen and oxygen atoms in total. The Morgan fingerprint density at radius 3 is 2.42 bits per heavy atom. The van der Waals surface area contributed by atoms with Crippen molar-refractivity contribution in [2.75, 3.05) is 13.1 Å². The van der Waals surface area contributed by atoms with Crippen LogP contribution in [-0.2, 0) is 23.1 Å². The molecule has 6 heteroatoms. The second-order valence-electron chi connectivity index (χ2n) is 8.15. The van der Waals surface area contributed by atoms with Crippen molar-refractivity contribution >= 4 is 11.8 Å². The van der Waals surface area contributed by atoms with Gasteiger partial charge in [0.2, 0.25) is 11.8 Å². The van der Waals surface area contributed by atoms with E-state index in [2.05, 4.69) is 18.9 Å². The van der Waals surface area contributed by atoms with E-state index in [-0.39, 0.29) is 17.9 Å². The van der Waals surface area contributed by atoms with Gasteiger partial charge >= 0.3 is 0 Å². The number of carbonyl (C=O) groups excluding carboxylic acids is 2. The van der Waals surface area contributed by atoms with Crippen molar-refractivity contribution in [3.05, 3.63) is 17.0 Å². The zero-order valence-electron chi connectivity index (χ0n) is 16.8. The summed E-state index contributed by atoms with van der Waals surface area (Å²) < 4.78 is 1.87. The first-order valence-corrected chi connectivity index (χ1v) is 9.88. The maximum absolute atomic E-state index is 13.2. The quantitative estimate of drug-likeness (QED) is 0.828. The monoisotopic (exact) mass is 360 g/mol. The maximum Gasteiger partial charge on any atom is 0.248 e. The summed E-state index contributed by atoms with van der Waals surface area (Å²) >= 11 is 0. The maximum atomic E-state index is 13.2. The number of carbonyl (C=O) groups is 2. The molecular weight excluding hydrogens is 328 g/mol. The summed E-state index contributed by atoms with van der Waals surface area (Å²) in [5.41, 5.74) is 2.69. The third kappa shape index (κ3) is 3.03. The number of nitrogens with zero attached hydrogens (tertiary/aromatic N) is 4. The van der Waals surface area contributed by atoms with Gasteiger partial charge < -0.3 is 9.80 Å². The predicted molar refractivity (Wildman–Crippen MR) is 101 cm³/mol. The van der Waals surface area contributed by atoms with Crippen molar-refractivity contribution in [1.29, 1.82) is 0 Å². The Morgan fingerprint density at radius 2 is 1.85 bits per heavy atom. The highest BCUT2D eigenvalue weighted by molar-refractivity contribution is 5.93. The molecule has 1 atom stereocenters. The van der Waals surface area contributed by atoms with Crippen molar-refractivity contribution in [3.63, 3.8) is 0 Å². The minimum absolute atomic E-state index is 0.115. The van der Waals surface area contributed by atoms with Gasteiger partial charge in [0.1, 0.15) is 5.54 Å². The van der Waals surface area contributed by atoms with Crippen LogP contribution in [0, 0.1) is 13.8 Å². The molecule has 2 amide bonds. The van der Waals surface area contributed by atoms with Gasteiger partial charge in [-0.1, -0.05) is 0 Å². The van der Waals surface area contributed by atoms with Gasteiger partial charge in [-0.25, -0.2) is 0 Å². The van der Waals surface area contributed by atoms with Crippen molar-refractivity contribution in [2.45, 2.75) is 77.8 Å². The first-order chi connectivity index (χ1) is 12.3. The van der Waals surface area contributed by atoms with E-state index in [0.29, 0.717) is 19.4 Å². The zero-order chi connectivity index (χ0) is 19.1. The first kappa shape index (κ1) is 18.9. The second-order valence-corrected chi connectivity index (χ2v) is 8.15. The standard InChI is InChI=1S/C20H32N4O2/c1-14(2)23-12-6-10-20(19(23)26)11-7-13-24(20)18(25)9-8-17-15(3)21-22(5)16(17)4/h14H,6-13H2,1-5H3. The minimum Gasteiger partial charge on any atom is -0.338 e. The second kappa shape index (κ2) is 7.05. The Labute approximate surface area is 156 Å². The molecule has 3 heterocycles. The molecule has 0 aromatic carbocycles. The molecule has 26 heavy (non-hydrogen) atoms. The number of amides is 2. The summed E-state index contributed by atoms with van der Waals surface area (Å²) in [5, 5.41) is 4.44. The highest BCUT2D eigenvalue weighted by Gasteiger charge is 2.52. The van der Waals surface area contributed by atoms with E-state index < -0.39 is 5.54 Å². The Balaban J connectivity index is 1.75. The highest BCUT2D eigenvalue weighted by Crippen LogP contribution is 2.39. The third-order valence-electron chi connectivity index (χ3n) is 6.31. The topological polar surface area (TPSA) is 58.4 Å². The highest BCUT2D eigenvalue weighted by atomic mass is 16.2. The summed E-state index contributed by atoms with van der Waals surface area (Å²) in [7, 11) is 1.93. The van der Waals surface area contributed by atoms with Gasteiger partial charge in [-0.05, 0) is 65.4 Å². The molecule has 1 spiro atoms. The first-order valence-electron chi connectivity index (χ1n) is 9.88. The molecule has 1 unspecified atom stereocenters. The zero-order valence-corrected chi connectivity index (χ0v) is 16.8. The minimum atomic E-state index is -0.585. The van der Waals surface area contributed by atoms with Gasteiger partial charge in [-0.2, -0.15) is 5.10 Å². The molecule has 144 valence electrons. The van der Waals surface area contributed by atoms with Crippen LogP contribution in [-0.4, -0.2) is 56.1 Å². The van der Waals surface area contributed by atoms with Crippen LogP contribution in [0.1, 0.15) is 62.9 Å². The smallest absolute Gasteiger partial charge is 0.248 e. The Kier molecular flexibility index (Phi) is 5.13. The Morgan fingerprint density at radius 1 is 1.19 bits per heavy atom. The van der Waals surface area contributed by atoms with Gasteiger partial charge in [0.25, 0.3) is 0 Å². The summed E-state index contributed by atoms with van der Waals surface area (Å²) in [4.78, 5) is 30.2. The molecule has 2 aliphatic heterocycles. The molecule has 2 fully saturated rings. The van der Waals surface area contributed by atoms with E-state index in [1.807, 2.05) is 35.4 Å². The number of likely N-dealkylation sites (tertiary alicyclic amines) is 2. The van der Waals surface area contributed by atoms with Gasteiger partial charge in [-0.3, -0.25) is 14.3 Å². The molecule has 1 aromatic rings. The van der Waals surface area contributed by atoms with E-state index in [4.69, 9.17) is 0 Å². The van der Waals surface area contributed by atoms with E-state index in [0.717, 1.165) is 49.2 Å². The van der Waals surface area contributed by atoms with E-state index in [9.17, 15) is 9.59 Å². The van der Waals surface area contributed by atoms with Crippen LogP contribution in [0.5, 0.6) is 0 Å². The SMILES string of the molecule is Cc1nn(C)c(C)c1CCC(=O)N1CCCC12CCCN(C(C)C)C2=O. The van der Waals surface area contributed by atoms with Gasteiger partial charge in [0.05, 0.1) is 5.69 Å². The van der Waals surface area contributed by atoms with Crippen LogP contribution in [0.25, 0.3) is 0 Å². The fourth-order valence-electron chi connectivity index (χ4n) is 4.78. The summed E-state index contributed by atoms with van der Waals surface area (Å²) in [5.74, 6) is 0.280. The number of aromatic nitrogens is 2. The van der Waals surface area contributed by atoms with E-state index in [1.54, 1.807) is 0 Å². The van der Waals surface area contributed by atoms with Crippen molar-refractivity contribution in [2.24, 2.45) is 7.05 Å². The third-order valence-corrected chi connectivity index (χ3v) is 6.31. The van der Waals surface area contributed by atoms with Gasteiger partial charge in [-0.15, -0.1) is 0 Å². The van der Waals surface area contributed by atoms with Crippen molar-refractivity contribution in [3.8, 4) is 0 Å². The normalized spacial score (nSPS) is 23.5. The molecule has 0 aliphatic carbocycles. The molecule has 3 rings (SSSR count). The van der Waals surface area contributed by atoms with Gasteiger partial charge in [0.15, 0.2) is 0 Å². The molecule has 0 bridgehead atoms. The van der Waals surface area contributed by atoms with Crippen LogP contribution in [0.15, 0.2) is 0 Å². The number of hydrogen-bond acceptors (Lipinski definition) is 3. The molecule has 2 aliphatic rings. The predicted octanol–water partition coefficient (Wildman–Crippen LogP) is 2.36. The lowest BCUT2D eigenvalue weighted by molar-refractivity contribution is -0.156. The molecular formula is C20H32N4O2. The Hall–Kier alpha value is -1.85.